The third-order valence-electron chi connectivity index (χ3n) is 2.64. The summed E-state index contributed by atoms with van der Waals surface area (Å²) in [4.78, 5) is 0. The van der Waals surface area contributed by atoms with Crippen LogP contribution >= 0.6 is 0 Å². The van der Waals surface area contributed by atoms with Gasteiger partial charge in [-0.1, -0.05) is 13.8 Å². The van der Waals surface area contributed by atoms with Gasteiger partial charge in [-0.05, 0) is 50.8 Å². The van der Waals surface area contributed by atoms with Crippen LogP contribution in [-0.2, 0) is 13.0 Å². The average Bonchev–Trinajstić information content (AvgIpc) is 2.72. The first-order valence-electron chi connectivity index (χ1n) is 6.58. The molecule has 0 aromatic carbocycles. The minimum atomic E-state index is 1.04. The Morgan fingerprint density at radius 3 is 2.81 bits per heavy atom. The topological polar surface area (TPSA) is 29.9 Å². The normalized spacial score (nSPS) is 10.9. The largest absolute Gasteiger partial charge is 0.317 e. The molecule has 0 aliphatic rings. The van der Waals surface area contributed by atoms with E-state index in [4.69, 9.17) is 0 Å². The van der Waals surface area contributed by atoms with Crippen LogP contribution < -0.4 is 5.32 Å². The molecule has 0 aliphatic heterocycles. The molecule has 0 atom stereocenters. The average molecular weight is 223 g/mol. The van der Waals surface area contributed by atoms with Gasteiger partial charge in [-0.15, -0.1) is 0 Å². The lowest BCUT2D eigenvalue weighted by molar-refractivity contribution is 0.600. The van der Waals surface area contributed by atoms with Crippen molar-refractivity contribution in [2.45, 2.75) is 52.5 Å². The number of nitrogens with zero attached hydrogens (tertiary/aromatic N) is 2. The number of nitrogens with one attached hydrogen (secondary N) is 1. The number of aryl methyl sites for hydroxylation is 2. The first kappa shape index (κ1) is 13.2. The Kier molecular flexibility index (Phi) is 6.90. The molecule has 0 saturated heterocycles. The van der Waals surface area contributed by atoms with Gasteiger partial charge >= 0.3 is 0 Å². The molecule has 92 valence electrons. The fraction of sp³-hybridized carbons (Fsp3) is 0.769. The van der Waals surface area contributed by atoms with Crippen molar-refractivity contribution in [1.82, 2.24) is 15.1 Å². The summed E-state index contributed by atoms with van der Waals surface area (Å²) in [5, 5.41) is 7.76. The van der Waals surface area contributed by atoms with Gasteiger partial charge < -0.3 is 5.32 Å². The quantitative estimate of drug-likeness (QED) is 0.652. The lowest BCUT2D eigenvalue weighted by Crippen LogP contribution is -2.15. The first-order chi connectivity index (χ1) is 7.86. The summed E-state index contributed by atoms with van der Waals surface area (Å²) in [6, 6.07) is 0. The van der Waals surface area contributed by atoms with Crippen molar-refractivity contribution in [3.8, 4) is 0 Å². The third kappa shape index (κ3) is 5.31. The number of unbranched alkanes of at least 4 members (excludes halogenated alkanes) is 1. The van der Waals surface area contributed by atoms with E-state index in [0.717, 1.165) is 32.5 Å². The van der Waals surface area contributed by atoms with Crippen molar-refractivity contribution >= 4 is 0 Å². The second-order valence-electron chi connectivity index (χ2n) is 4.32. The zero-order valence-electron chi connectivity index (χ0n) is 10.7. The summed E-state index contributed by atoms with van der Waals surface area (Å²) in [5.41, 5.74) is 1.38. The zero-order chi connectivity index (χ0) is 11.6. The molecule has 3 heteroatoms. The van der Waals surface area contributed by atoms with E-state index >= 15 is 0 Å². The maximum Gasteiger partial charge on any atom is 0.0521 e. The summed E-state index contributed by atoms with van der Waals surface area (Å²) < 4.78 is 2.05. The van der Waals surface area contributed by atoms with Crippen LogP contribution in [0.5, 0.6) is 0 Å². The van der Waals surface area contributed by atoms with E-state index in [1.807, 2.05) is 10.9 Å². The molecular formula is C13H25N3. The van der Waals surface area contributed by atoms with Crippen LogP contribution in [0.25, 0.3) is 0 Å². The molecule has 1 heterocycles. The van der Waals surface area contributed by atoms with Gasteiger partial charge in [0.25, 0.3) is 0 Å². The standard InChI is InChI=1S/C13H25N3/c1-3-8-14-9-6-5-7-13-11-15-16(12-13)10-4-2/h11-12,14H,3-10H2,1-2H3. The maximum atomic E-state index is 4.34. The van der Waals surface area contributed by atoms with E-state index in [1.54, 1.807) is 0 Å². The monoisotopic (exact) mass is 223 g/mol. The summed E-state index contributed by atoms with van der Waals surface area (Å²) in [7, 11) is 0. The highest BCUT2D eigenvalue weighted by molar-refractivity contribution is 5.03. The lowest BCUT2D eigenvalue weighted by atomic mass is 10.1. The maximum absolute atomic E-state index is 4.34. The van der Waals surface area contributed by atoms with Crippen LogP contribution in [0.4, 0.5) is 0 Å². The van der Waals surface area contributed by atoms with Gasteiger partial charge in [0, 0.05) is 12.7 Å². The van der Waals surface area contributed by atoms with Gasteiger partial charge in [-0.25, -0.2) is 0 Å². The van der Waals surface area contributed by atoms with Gasteiger partial charge in [0.2, 0.25) is 0 Å². The van der Waals surface area contributed by atoms with Gasteiger partial charge in [0.15, 0.2) is 0 Å². The highest BCUT2D eigenvalue weighted by atomic mass is 15.3. The van der Waals surface area contributed by atoms with E-state index in [-0.39, 0.29) is 0 Å². The summed E-state index contributed by atoms with van der Waals surface area (Å²) >= 11 is 0. The number of aromatic nitrogens is 2. The van der Waals surface area contributed by atoms with E-state index in [1.165, 1.54) is 24.8 Å². The molecule has 1 aromatic rings. The molecule has 16 heavy (non-hydrogen) atoms. The van der Waals surface area contributed by atoms with Gasteiger partial charge in [-0.3, -0.25) is 4.68 Å². The Labute approximate surface area is 99.2 Å². The molecule has 3 nitrogen and oxygen atoms in total. The molecule has 1 aromatic heterocycles. The van der Waals surface area contributed by atoms with Crippen LogP contribution in [0.15, 0.2) is 12.4 Å². The van der Waals surface area contributed by atoms with Crippen LogP contribution in [0, 0.1) is 0 Å². The molecule has 0 saturated carbocycles. The fourth-order valence-corrected chi connectivity index (χ4v) is 1.77. The Hall–Kier alpha value is -0.830. The Morgan fingerprint density at radius 1 is 1.19 bits per heavy atom. The summed E-state index contributed by atoms with van der Waals surface area (Å²) in [6.07, 6.45) is 10.3. The minimum Gasteiger partial charge on any atom is -0.317 e. The van der Waals surface area contributed by atoms with E-state index in [0.29, 0.717) is 0 Å². The zero-order valence-corrected chi connectivity index (χ0v) is 10.7. The van der Waals surface area contributed by atoms with Crippen LogP contribution in [0.2, 0.25) is 0 Å². The predicted octanol–water partition coefficient (Wildman–Crippen LogP) is 2.62. The van der Waals surface area contributed by atoms with Gasteiger partial charge in [-0.2, -0.15) is 5.10 Å². The van der Waals surface area contributed by atoms with Crippen molar-refractivity contribution < 1.29 is 0 Å². The molecule has 1 rings (SSSR count). The van der Waals surface area contributed by atoms with Crippen molar-refractivity contribution in [3.05, 3.63) is 18.0 Å². The van der Waals surface area contributed by atoms with Crippen LogP contribution in [0.3, 0.4) is 0 Å². The molecule has 0 radical (unpaired) electrons. The molecule has 0 aliphatic carbocycles. The fourth-order valence-electron chi connectivity index (χ4n) is 1.77. The number of hydrogen-bond acceptors (Lipinski definition) is 2. The third-order valence-corrected chi connectivity index (χ3v) is 2.64. The predicted molar refractivity (Wildman–Crippen MR) is 68.6 cm³/mol. The second kappa shape index (κ2) is 8.34. The first-order valence-corrected chi connectivity index (χ1v) is 6.58. The number of hydrogen-bond donors (Lipinski definition) is 1. The highest BCUT2D eigenvalue weighted by Crippen LogP contribution is 2.04. The smallest absolute Gasteiger partial charge is 0.0521 e. The molecular weight excluding hydrogens is 198 g/mol. The Balaban J connectivity index is 2.07. The molecule has 0 spiro atoms. The Bertz CT molecular complexity index is 268. The molecule has 0 unspecified atom stereocenters. The van der Waals surface area contributed by atoms with E-state index in [2.05, 4.69) is 30.5 Å². The summed E-state index contributed by atoms with van der Waals surface area (Å²) in [6.45, 7) is 7.72. The summed E-state index contributed by atoms with van der Waals surface area (Å²) in [5.74, 6) is 0. The highest BCUT2D eigenvalue weighted by Gasteiger charge is 1.97. The Morgan fingerprint density at radius 2 is 2.06 bits per heavy atom. The van der Waals surface area contributed by atoms with E-state index in [9.17, 15) is 0 Å². The van der Waals surface area contributed by atoms with E-state index < -0.39 is 0 Å². The molecule has 1 N–H and O–H groups in total. The SMILES string of the molecule is CCCNCCCCc1cnn(CCC)c1. The van der Waals surface area contributed by atoms with Crippen LogP contribution in [-0.4, -0.2) is 22.9 Å². The van der Waals surface area contributed by atoms with Gasteiger partial charge in [0.1, 0.15) is 0 Å². The molecule has 0 amide bonds. The van der Waals surface area contributed by atoms with Crippen molar-refractivity contribution in [1.29, 1.82) is 0 Å². The van der Waals surface area contributed by atoms with Crippen molar-refractivity contribution in [2.75, 3.05) is 13.1 Å². The minimum absolute atomic E-state index is 1.04. The molecule has 0 bridgehead atoms. The molecule has 0 fully saturated rings. The lowest BCUT2D eigenvalue weighted by Gasteiger charge is -2.01. The number of rotatable bonds is 9. The van der Waals surface area contributed by atoms with Gasteiger partial charge in [0.05, 0.1) is 6.20 Å². The van der Waals surface area contributed by atoms with Crippen LogP contribution in [0.1, 0.15) is 45.1 Å². The van der Waals surface area contributed by atoms with Crippen molar-refractivity contribution in [3.63, 3.8) is 0 Å². The second-order valence-corrected chi connectivity index (χ2v) is 4.32. The van der Waals surface area contributed by atoms with Crippen molar-refractivity contribution in [2.24, 2.45) is 0 Å².